The Morgan fingerprint density at radius 3 is 2.73 bits per heavy atom. The number of nitriles is 1. The summed E-state index contributed by atoms with van der Waals surface area (Å²) in [5.74, 6) is -0.337. The normalized spacial score (nSPS) is 23.3. The Kier molecular flexibility index (Phi) is 1.77. The molecule has 1 fully saturated rings. The van der Waals surface area contributed by atoms with E-state index in [1.54, 1.807) is 13.0 Å². The zero-order valence-electron chi connectivity index (χ0n) is 6.00. The lowest BCUT2D eigenvalue weighted by molar-refractivity contribution is -0.126. The molecule has 1 saturated heterocycles. The van der Waals surface area contributed by atoms with Gasteiger partial charge < -0.3 is 5.32 Å². The Hall–Kier alpha value is -1.57. The quantitative estimate of drug-likeness (QED) is 0.405. The molecular formula is C6H7N3O2. The molecule has 1 rings (SSSR count). The molecule has 1 aliphatic heterocycles. The van der Waals surface area contributed by atoms with Crippen LogP contribution in [0.3, 0.4) is 0 Å². The van der Waals surface area contributed by atoms with E-state index < -0.39 is 12.1 Å². The van der Waals surface area contributed by atoms with Gasteiger partial charge in [-0.2, -0.15) is 5.26 Å². The topological polar surface area (TPSA) is 73.2 Å². The van der Waals surface area contributed by atoms with E-state index in [2.05, 4.69) is 5.32 Å². The van der Waals surface area contributed by atoms with Crippen LogP contribution in [-0.4, -0.2) is 29.4 Å². The van der Waals surface area contributed by atoms with Gasteiger partial charge in [0.15, 0.2) is 0 Å². The second kappa shape index (κ2) is 2.58. The molecule has 5 heteroatoms. The maximum Gasteiger partial charge on any atom is 0.325 e. The van der Waals surface area contributed by atoms with Crippen molar-refractivity contribution < 1.29 is 9.59 Å². The molecule has 0 aliphatic carbocycles. The van der Waals surface area contributed by atoms with Gasteiger partial charge in [0, 0.05) is 0 Å². The van der Waals surface area contributed by atoms with Crippen LogP contribution >= 0.6 is 0 Å². The van der Waals surface area contributed by atoms with Crippen LogP contribution in [0, 0.1) is 11.3 Å². The molecule has 0 bridgehead atoms. The van der Waals surface area contributed by atoms with E-state index in [4.69, 9.17) is 5.26 Å². The van der Waals surface area contributed by atoms with Crippen LogP contribution < -0.4 is 5.32 Å². The van der Waals surface area contributed by atoms with E-state index >= 15 is 0 Å². The zero-order valence-corrected chi connectivity index (χ0v) is 6.00. The Balaban J connectivity index is 2.73. The number of rotatable bonds is 1. The lowest BCUT2D eigenvalue weighted by atomic mass is 10.3. The summed E-state index contributed by atoms with van der Waals surface area (Å²) >= 11 is 0. The molecule has 0 aromatic heterocycles. The molecule has 0 aromatic carbocycles. The molecule has 1 atom stereocenters. The molecule has 1 unspecified atom stereocenters. The standard InChI is InChI=1S/C6H7N3O2/c1-4-5(10)9(3-2-7)6(11)8-4/h4H,3H2,1H3,(H,8,11). The van der Waals surface area contributed by atoms with Crippen LogP contribution in [0.15, 0.2) is 0 Å². The minimum atomic E-state index is -0.490. The lowest BCUT2D eigenvalue weighted by Gasteiger charge is -2.04. The average Bonchev–Trinajstić information content (AvgIpc) is 2.17. The fourth-order valence-electron chi connectivity index (χ4n) is 0.879. The van der Waals surface area contributed by atoms with E-state index in [1.165, 1.54) is 0 Å². The molecule has 5 nitrogen and oxygen atoms in total. The first-order chi connectivity index (χ1) is 5.16. The summed E-state index contributed by atoms with van der Waals surface area (Å²) in [6.45, 7) is 1.41. The summed E-state index contributed by atoms with van der Waals surface area (Å²) in [6.07, 6.45) is 0. The highest BCUT2D eigenvalue weighted by Crippen LogP contribution is 2.03. The predicted molar refractivity (Wildman–Crippen MR) is 35.3 cm³/mol. The Morgan fingerprint density at radius 2 is 2.36 bits per heavy atom. The van der Waals surface area contributed by atoms with Gasteiger partial charge in [-0.25, -0.2) is 9.69 Å². The van der Waals surface area contributed by atoms with Gasteiger partial charge in [-0.1, -0.05) is 0 Å². The number of urea groups is 1. The van der Waals surface area contributed by atoms with Crippen molar-refractivity contribution in [3.05, 3.63) is 0 Å². The van der Waals surface area contributed by atoms with Crippen molar-refractivity contribution in [2.75, 3.05) is 6.54 Å². The van der Waals surface area contributed by atoms with Gasteiger partial charge in [0.05, 0.1) is 6.07 Å². The zero-order chi connectivity index (χ0) is 8.43. The van der Waals surface area contributed by atoms with Crippen molar-refractivity contribution in [1.82, 2.24) is 10.2 Å². The number of carbonyl (C=O) groups is 2. The summed E-state index contributed by atoms with van der Waals surface area (Å²) in [5, 5.41) is 10.6. The number of carbonyl (C=O) groups excluding carboxylic acids is 2. The van der Waals surface area contributed by atoms with Crippen LogP contribution in [0.2, 0.25) is 0 Å². The minimum absolute atomic E-state index is 0.172. The fraction of sp³-hybridized carbons (Fsp3) is 0.500. The second-order valence-electron chi connectivity index (χ2n) is 2.25. The third-order valence-electron chi connectivity index (χ3n) is 1.45. The van der Waals surface area contributed by atoms with Crippen LogP contribution in [0.4, 0.5) is 4.79 Å². The fourth-order valence-corrected chi connectivity index (χ4v) is 0.879. The number of imide groups is 1. The Labute approximate surface area is 63.6 Å². The highest BCUT2D eigenvalue weighted by Gasteiger charge is 2.34. The van der Waals surface area contributed by atoms with Gasteiger partial charge in [-0.15, -0.1) is 0 Å². The Bertz CT molecular complexity index is 243. The highest BCUT2D eigenvalue weighted by molar-refractivity contribution is 6.04. The summed E-state index contributed by atoms with van der Waals surface area (Å²) in [4.78, 5) is 22.7. The first kappa shape index (κ1) is 7.54. The number of hydrogen-bond acceptors (Lipinski definition) is 3. The molecule has 0 radical (unpaired) electrons. The molecule has 58 valence electrons. The molecule has 0 aromatic rings. The maximum atomic E-state index is 11.0. The van der Waals surface area contributed by atoms with Crippen molar-refractivity contribution in [2.24, 2.45) is 0 Å². The maximum absolute atomic E-state index is 11.0. The molecule has 0 saturated carbocycles. The van der Waals surface area contributed by atoms with Gasteiger partial charge in [0.1, 0.15) is 12.6 Å². The van der Waals surface area contributed by atoms with E-state index in [0.29, 0.717) is 0 Å². The van der Waals surface area contributed by atoms with Gasteiger partial charge in [0.25, 0.3) is 5.91 Å². The van der Waals surface area contributed by atoms with Crippen LogP contribution in [0.25, 0.3) is 0 Å². The van der Waals surface area contributed by atoms with Crippen molar-refractivity contribution in [2.45, 2.75) is 13.0 Å². The molecule has 11 heavy (non-hydrogen) atoms. The van der Waals surface area contributed by atoms with Gasteiger partial charge in [0.2, 0.25) is 0 Å². The van der Waals surface area contributed by atoms with Crippen molar-refractivity contribution in [3.63, 3.8) is 0 Å². The van der Waals surface area contributed by atoms with Gasteiger partial charge in [-0.3, -0.25) is 4.79 Å². The number of nitrogens with zero attached hydrogens (tertiary/aromatic N) is 2. The largest absolute Gasteiger partial charge is 0.326 e. The van der Waals surface area contributed by atoms with Crippen molar-refractivity contribution in [3.8, 4) is 6.07 Å². The highest BCUT2D eigenvalue weighted by atomic mass is 16.2. The Morgan fingerprint density at radius 1 is 1.73 bits per heavy atom. The SMILES string of the molecule is CC1NC(=O)N(CC#N)C1=O. The molecule has 1 heterocycles. The minimum Gasteiger partial charge on any atom is -0.326 e. The van der Waals surface area contributed by atoms with E-state index in [9.17, 15) is 9.59 Å². The first-order valence-corrected chi connectivity index (χ1v) is 3.15. The molecule has 1 aliphatic rings. The summed E-state index contributed by atoms with van der Waals surface area (Å²) < 4.78 is 0. The molecular weight excluding hydrogens is 146 g/mol. The lowest BCUT2D eigenvalue weighted by Crippen LogP contribution is -2.31. The summed E-state index contributed by atoms with van der Waals surface area (Å²) in [5.41, 5.74) is 0. The number of hydrogen-bond donors (Lipinski definition) is 1. The van der Waals surface area contributed by atoms with Crippen LogP contribution in [0.5, 0.6) is 0 Å². The van der Waals surface area contributed by atoms with E-state index in [-0.39, 0.29) is 12.5 Å². The summed E-state index contributed by atoms with van der Waals surface area (Å²) in [7, 11) is 0. The van der Waals surface area contributed by atoms with Crippen LogP contribution in [0.1, 0.15) is 6.92 Å². The smallest absolute Gasteiger partial charge is 0.325 e. The monoisotopic (exact) mass is 153 g/mol. The first-order valence-electron chi connectivity index (χ1n) is 3.15. The molecule has 3 amide bonds. The van der Waals surface area contributed by atoms with Gasteiger partial charge in [-0.05, 0) is 6.92 Å². The molecule has 1 N–H and O–H groups in total. The van der Waals surface area contributed by atoms with Crippen molar-refractivity contribution in [1.29, 1.82) is 5.26 Å². The van der Waals surface area contributed by atoms with Crippen LogP contribution in [-0.2, 0) is 4.79 Å². The number of nitrogens with one attached hydrogen (secondary N) is 1. The average molecular weight is 153 g/mol. The van der Waals surface area contributed by atoms with E-state index in [1.807, 2.05) is 0 Å². The van der Waals surface area contributed by atoms with E-state index in [0.717, 1.165) is 4.90 Å². The second-order valence-corrected chi connectivity index (χ2v) is 2.25. The summed E-state index contributed by atoms with van der Waals surface area (Å²) in [6, 6.07) is 0.763. The van der Waals surface area contributed by atoms with Crippen molar-refractivity contribution >= 4 is 11.9 Å². The predicted octanol–water partition coefficient (Wildman–Crippen LogP) is -0.550. The number of amides is 3. The molecule has 0 spiro atoms. The third-order valence-corrected chi connectivity index (χ3v) is 1.45. The third kappa shape index (κ3) is 1.15. The van der Waals surface area contributed by atoms with Gasteiger partial charge >= 0.3 is 6.03 Å².